The topological polar surface area (TPSA) is 106 Å². The van der Waals surface area contributed by atoms with Crippen LogP contribution < -0.4 is 5.43 Å². The van der Waals surface area contributed by atoms with Crippen molar-refractivity contribution in [2.24, 2.45) is 0 Å². The maximum absolute atomic E-state index is 12.5. The summed E-state index contributed by atoms with van der Waals surface area (Å²) in [6, 6.07) is 3.53. The standard InChI is InChI=1S/C18H16O7/c1-17(2)24-15-7-9(19)3-4-18(15,25-17)14-8-12(22)16-11(21)5-10(20)6-13(16)23-14/h3-6,8,15,20-21H,7H2,1-2H3. The largest absolute Gasteiger partial charge is 0.508 e. The van der Waals surface area contributed by atoms with Crippen LogP contribution in [-0.2, 0) is 19.9 Å². The third-order valence-corrected chi connectivity index (χ3v) is 4.40. The van der Waals surface area contributed by atoms with E-state index < -0.39 is 22.9 Å². The Hall–Kier alpha value is -2.64. The van der Waals surface area contributed by atoms with E-state index in [2.05, 4.69) is 0 Å². The molecule has 7 heteroatoms. The first-order chi connectivity index (χ1) is 11.7. The number of phenolic OH excluding ortho intramolecular Hbond substituents is 2. The number of benzene rings is 1. The van der Waals surface area contributed by atoms with Gasteiger partial charge in [0.1, 0.15) is 34.3 Å². The molecule has 0 radical (unpaired) electrons. The number of fused-ring (bicyclic) bond motifs is 2. The van der Waals surface area contributed by atoms with E-state index in [1.807, 2.05) is 0 Å². The Morgan fingerprint density at radius 1 is 1.16 bits per heavy atom. The number of aromatic hydroxyl groups is 2. The first-order valence-electron chi connectivity index (χ1n) is 7.80. The van der Waals surface area contributed by atoms with Gasteiger partial charge in [0.2, 0.25) is 0 Å². The Kier molecular flexibility index (Phi) is 3.13. The van der Waals surface area contributed by atoms with Gasteiger partial charge in [-0.3, -0.25) is 9.59 Å². The molecule has 1 aliphatic heterocycles. The van der Waals surface area contributed by atoms with Gasteiger partial charge in [-0.05, 0) is 26.0 Å². The normalized spacial score (nSPS) is 27.6. The van der Waals surface area contributed by atoms with E-state index in [-0.39, 0.29) is 40.4 Å². The third-order valence-electron chi connectivity index (χ3n) is 4.40. The highest BCUT2D eigenvalue weighted by Crippen LogP contribution is 2.48. The van der Waals surface area contributed by atoms with Gasteiger partial charge in [0.05, 0.1) is 0 Å². The van der Waals surface area contributed by atoms with Crippen molar-refractivity contribution >= 4 is 16.8 Å². The second kappa shape index (κ2) is 4.93. The van der Waals surface area contributed by atoms with E-state index in [1.165, 1.54) is 24.3 Å². The maximum Gasteiger partial charge on any atom is 0.196 e. The predicted molar refractivity (Wildman–Crippen MR) is 86.3 cm³/mol. The molecule has 1 aromatic carbocycles. The van der Waals surface area contributed by atoms with Crippen LogP contribution in [0.3, 0.4) is 0 Å². The molecule has 130 valence electrons. The van der Waals surface area contributed by atoms with Crippen LogP contribution in [0, 0.1) is 0 Å². The number of carbonyl (C=O) groups excluding carboxylic acids is 1. The van der Waals surface area contributed by atoms with E-state index in [9.17, 15) is 19.8 Å². The fourth-order valence-corrected chi connectivity index (χ4v) is 3.47. The molecule has 2 aliphatic rings. The lowest BCUT2D eigenvalue weighted by atomic mass is 9.85. The Morgan fingerprint density at radius 3 is 2.68 bits per heavy atom. The summed E-state index contributed by atoms with van der Waals surface area (Å²) in [4.78, 5) is 24.3. The van der Waals surface area contributed by atoms with Gasteiger partial charge >= 0.3 is 0 Å². The van der Waals surface area contributed by atoms with Crippen molar-refractivity contribution in [1.82, 2.24) is 0 Å². The minimum absolute atomic E-state index is 0.0201. The molecule has 0 spiro atoms. The molecule has 25 heavy (non-hydrogen) atoms. The van der Waals surface area contributed by atoms with Gasteiger partial charge in [0, 0.05) is 24.6 Å². The fourth-order valence-electron chi connectivity index (χ4n) is 3.47. The average Bonchev–Trinajstić information content (AvgIpc) is 2.76. The predicted octanol–water partition coefficient (Wildman–Crippen LogP) is 2.08. The van der Waals surface area contributed by atoms with Crippen LogP contribution in [0.25, 0.3) is 11.0 Å². The number of hydrogen-bond donors (Lipinski definition) is 2. The van der Waals surface area contributed by atoms with Gasteiger partial charge in [0.15, 0.2) is 22.6 Å². The van der Waals surface area contributed by atoms with Crippen LogP contribution in [0.15, 0.2) is 39.6 Å². The Balaban J connectivity index is 1.98. The van der Waals surface area contributed by atoms with Crippen molar-refractivity contribution in [3.63, 3.8) is 0 Å². The number of phenols is 2. The molecule has 0 amide bonds. The zero-order valence-electron chi connectivity index (χ0n) is 13.6. The minimum Gasteiger partial charge on any atom is -0.508 e. The van der Waals surface area contributed by atoms with Gasteiger partial charge in [-0.2, -0.15) is 0 Å². The molecule has 2 aromatic rings. The zero-order chi connectivity index (χ0) is 18.0. The molecule has 7 nitrogen and oxygen atoms in total. The molecule has 4 rings (SSSR count). The molecule has 1 saturated heterocycles. The summed E-state index contributed by atoms with van der Waals surface area (Å²) in [5.41, 5.74) is -1.70. The molecule has 1 fully saturated rings. The Bertz CT molecular complexity index is 985. The second-order valence-corrected chi connectivity index (χ2v) is 6.72. The fraction of sp³-hybridized carbons (Fsp3) is 0.333. The van der Waals surface area contributed by atoms with Gasteiger partial charge in [0.25, 0.3) is 0 Å². The number of ether oxygens (including phenoxy) is 2. The summed E-state index contributed by atoms with van der Waals surface area (Å²) in [5.74, 6) is -1.55. The number of ketones is 1. The summed E-state index contributed by atoms with van der Waals surface area (Å²) in [6.07, 6.45) is 2.36. The second-order valence-electron chi connectivity index (χ2n) is 6.72. The van der Waals surface area contributed by atoms with Crippen molar-refractivity contribution in [3.05, 3.63) is 46.3 Å². The lowest BCUT2D eigenvalue weighted by Crippen LogP contribution is -2.40. The van der Waals surface area contributed by atoms with E-state index in [0.717, 1.165) is 6.07 Å². The van der Waals surface area contributed by atoms with Crippen molar-refractivity contribution in [3.8, 4) is 11.5 Å². The van der Waals surface area contributed by atoms with Gasteiger partial charge in [-0.1, -0.05) is 0 Å². The Labute approximate surface area is 142 Å². The first-order valence-corrected chi connectivity index (χ1v) is 7.80. The van der Waals surface area contributed by atoms with Crippen LogP contribution in [0.1, 0.15) is 26.0 Å². The van der Waals surface area contributed by atoms with Gasteiger partial charge in [-0.15, -0.1) is 0 Å². The lowest BCUT2D eigenvalue weighted by Gasteiger charge is -2.30. The summed E-state index contributed by atoms with van der Waals surface area (Å²) < 4.78 is 17.6. The van der Waals surface area contributed by atoms with E-state index in [4.69, 9.17) is 13.9 Å². The first kappa shape index (κ1) is 15.9. The van der Waals surface area contributed by atoms with Gasteiger partial charge in [-0.25, -0.2) is 0 Å². The Morgan fingerprint density at radius 2 is 1.92 bits per heavy atom. The zero-order valence-corrected chi connectivity index (χ0v) is 13.6. The van der Waals surface area contributed by atoms with Crippen molar-refractivity contribution in [2.45, 2.75) is 37.8 Å². The molecular formula is C18H16O7. The third kappa shape index (κ3) is 2.35. The van der Waals surface area contributed by atoms with Crippen LogP contribution in [-0.4, -0.2) is 27.9 Å². The van der Waals surface area contributed by atoms with Gasteiger partial charge < -0.3 is 24.1 Å². The van der Waals surface area contributed by atoms with E-state index in [1.54, 1.807) is 13.8 Å². The molecule has 2 N–H and O–H groups in total. The number of hydrogen-bond acceptors (Lipinski definition) is 7. The lowest BCUT2D eigenvalue weighted by molar-refractivity contribution is -0.159. The van der Waals surface area contributed by atoms with E-state index in [0.29, 0.717) is 0 Å². The van der Waals surface area contributed by atoms with Crippen LogP contribution in [0.5, 0.6) is 11.5 Å². The quantitative estimate of drug-likeness (QED) is 0.815. The van der Waals surface area contributed by atoms with Crippen LogP contribution in [0.2, 0.25) is 0 Å². The number of carbonyl (C=O) groups is 1. The monoisotopic (exact) mass is 344 g/mol. The molecule has 0 bridgehead atoms. The summed E-state index contributed by atoms with van der Waals surface area (Å²) in [6.45, 7) is 3.42. The molecular weight excluding hydrogens is 328 g/mol. The molecule has 1 aliphatic carbocycles. The van der Waals surface area contributed by atoms with Crippen molar-refractivity contribution in [2.75, 3.05) is 0 Å². The maximum atomic E-state index is 12.5. The minimum atomic E-state index is -1.23. The SMILES string of the molecule is CC1(C)OC2CC(=O)C=CC2(c2cc(=O)c3c(O)cc(O)cc3o2)O1. The molecule has 2 heterocycles. The highest BCUT2D eigenvalue weighted by atomic mass is 16.8. The summed E-state index contributed by atoms with van der Waals surface area (Å²) in [7, 11) is 0. The number of allylic oxidation sites excluding steroid dienone is 1. The number of rotatable bonds is 1. The van der Waals surface area contributed by atoms with Crippen LogP contribution >= 0.6 is 0 Å². The smallest absolute Gasteiger partial charge is 0.196 e. The molecule has 2 unspecified atom stereocenters. The highest BCUT2D eigenvalue weighted by molar-refractivity contribution is 5.91. The average molecular weight is 344 g/mol. The van der Waals surface area contributed by atoms with Crippen LogP contribution in [0.4, 0.5) is 0 Å². The summed E-state index contributed by atoms with van der Waals surface area (Å²) in [5, 5.41) is 19.5. The van der Waals surface area contributed by atoms with Crippen molar-refractivity contribution < 1.29 is 28.9 Å². The molecule has 0 saturated carbocycles. The molecule has 1 aromatic heterocycles. The summed E-state index contributed by atoms with van der Waals surface area (Å²) >= 11 is 0. The van der Waals surface area contributed by atoms with Crippen molar-refractivity contribution in [1.29, 1.82) is 0 Å². The highest BCUT2D eigenvalue weighted by Gasteiger charge is 2.56. The molecule has 2 atom stereocenters. The van der Waals surface area contributed by atoms with E-state index >= 15 is 0 Å².